The number of carboxylic acids is 1. The minimum atomic E-state index is -4.74. The highest BCUT2D eigenvalue weighted by Crippen LogP contribution is 2.32. The number of aliphatic carboxylic acids is 1. The van der Waals surface area contributed by atoms with Crippen molar-refractivity contribution < 1.29 is 41.0 Å². The summed E-state index contributed by atoms with van der Waals surface area (Å²) in [5, 5.41) is 12.0. The van der Waals surface area contributed by atoms with Crippen molar-refractivity contribution in [3.8, 4) is 5.75 Å². The Morgan fingerprint density at radius 2 is 1.86 bits per heavy atom. The Morgan fingerprint density at radius 1 is 1.17 bits per heavy atom. The Labute approximate surface area is 200 Å². The Morgan fingerprint density at radius 3 is 2.46 bits per heavy atom. The van der Waals surface area contributed by atoms with Crippen LogP contribution < -0.4 is 10.1 Å². The van der Waals surface area contributed by atoms with Crippen LogP contribution in [-0.4, -0.2) is 55.4 Å². The average molecular weight is 515 g/mol. The number of methoxy groups -OCH3 is 1. The lowest BCUT2D eigenvalue weighted by atomic mass is 10.0. The summed E-state index contributed by atoms with van der Waals surface area (Å²) >= 11 is 0. The molecule has 1 aliphatic rings. The zero-order valence-corrected chi connectivity index (χ0v) is 19.6. The molecule has 0 radical (unpaired) electrons. The second-order valence-corrected chi connectivity index (χ2v) is 10.00. The first-order valence-corrected chi connectivity index (χ1v) is 12.2. The van der Waals surface area contributed by atoms with Gasteiger partial charge in [0.15, 0.2) is 0 Å². The highest BCUT2D eigenvalue weighted by molar-refractivity contribution is 7.89. The second kappa shape index (κ2) is 10.6. The molecular weight excluding hydrogens is 489 g/mol. The van der Waals surface area contributed by atoms with E-state index in [0.717, 1.165) is 22.5 Å². The first-order valence-electron chi connectivity index (χ1n) is 10.8. The number of amides is 1. The number of nitrogens with zero attached hydrogens (tertiary/aromatic N) is 1. The number of carboxylic acid groups (broad SMARTS) is 1. The molecule has 12 heteroatoms. The Balaban J connectivity index is 1.82. The van der Waals surface area contributed by atoms with Crippen LogP contribution in [0.1, 0.15) is 30.4 Å². The predicted molar refractivity (Wildman–Crippen MR) is 119 cm³/mol. The summed E-state index contributed by atoms with van der Waals surface area (Å²) < 4.78 is 71.6. The van der Waals surface area contributed by atoms with Gasteiger partial charge in [0.25, 0.3) is 0 Å². The van der Waals surface area contributed by atoms with Gasteiger partial charge in [0.1, 0.15) is 17.8 Å². The van der Waals surface area contributed by atoms with Crippen molar-refractivity contribution in [2.75, 3.05) is 13.7 Å². The third kappa shape index (κ3) is 6.31. The van der Waals surface area contributed by atoms with Crippen LogP contribution in [-0.2, 0) is 32.2 Å². The number of ether oxygens (including phenoxy) is 1. The molecule has 1 fully saturated rings. The summed E-state index contributed by atoms with van der Waals surface area (Å²) in [6, 6.07) is 7.30. The molecule has 35 heavy (non-hydrogen) atoms. The van der Waals surface area contributed by atoms with Crippen molar-refractivity contribution in [1.82, 2.24) is 9.62 Å². The van der Waals surface area contributed by atoms with Gasteiger partial charge in [-0.05, 0) is 48.7 Å². The van der Waals surface area contributed by atoms with Gasteiger partial charge >= 0.3 is 12.1 Å². The van der Waals surface area contributed by atoms with E-state index in [0.29, 0.717) is 30.2 Å². The number of hydrogen-bond acceptors (Lipinski definition) is 5. The van der Waals surface area contributed by atoms with E-state index >= 15 is 0 Å². The van der Waals surface area contributed by atoms with Crippen molar-refractivity contribution >= 4 is 21.9 Å². The smallest absolute Gasteiger partial charge is 0.416 e. The van der Waals surface area contributed by atoms with E-state index in [4.69, 9.17) is 4.74 Å². The van der Waals surface area contributed by atoms with Crippen molar-refractivity contribution in [3.63, 3.8) is 0 Å². The lowest BCUT2D eigenvalue weighted by Crippen LogP contribution is -2.55. The molecule has 2 aromatic carbocycles. The highest BCUT2D eigenvalue weighted by atomic mass is 32.2. The van der Waals surface area contributed by atoms with Crippen LogP contribution in [0.3, 0.4) is 0 Å². The molecule has 0 aliphatic carbocycles. The van der Waals surface area contributed by atoms with Crippen molar-refractivity contribution in [2.24, 2.45) is 0 Å². The molecule has 0 bridgehead atoms. The molecule has 8 nitrogen and oxygen atoms in total. The highest BCUT2D eigenvalue weighted by Gasteiger charge is 2.40. The number of piperidine rings is 1. The fraction of sp³-hybridized carbons (Fsp3) is 0.391. The van der Waals surface area contributed by atoms with Gasteiger partial charge < -0.3 is 15.2 Å². The Kier molecular flexibility index (Phi) is 8.06. The number of carbonyl (C=O) groups excluding carboxylic acids is 1. The topological polar surface area (TPSA) is 113 Å². The van der Waals surface area contributed by atoms with Gasteiger partial charge in [-0.2, -0.15) is 17.5 Å². The molecule has 0 saturated carbocycles. The van der Waals surface area contributed by atoms with Gasteiger partial charge in [0.05, 0.1) is 17.6 Å². The SMILES string of the molecule is COc1ccc(C[C@H](NC(=O)C2CCCCN2S(=O)(=O)c2cccc(C(F)(F)F)c2)C(=O)O)cc1. The second-order valence-electron chi connectivity index (χ2n) is 8.10. The van der Waals surface area contributed by atoms with E-state index in [1.807, 2.05) is 0 Å². The van der Waals surface area contributed by atoms with Crippen LogP contribution in [0.15, 0.2) is 53.4 Å². The van der Waals surface area contributed by atoms with Crippen LogP contribution in [0, 0.1) is 0 Å². The van der Waals surface area contributed by atoms with Gasteiger partial charge in [-0.25, -0.2) is 13.2 Å². The maximum atomic E-state index is 13.2. The van der Waals surface area contributed by atoms with E-state index in [1.165, 1.54) is 7.11 Å². The lowest BCUT2D eigenvalue weighted by Gasteiger charge is -2.34. The zero-order chi connectivity index (χ0) is 25.8. The van der Waals surface area contributed by atoms with Gasteiger partial charge in [0.2, 0.25) is 15.9 Å². The van der Waals surface area contributed by atoms with Gasteiger partial charge in [0, 0.05) is 13.0 Å². The molecule has 2 aromatic rings. The van der Waals surface area contributed by atoms with Crippen LogP contribution in [0.5, 0.6) is 5.75 Å². The third-order valence-electron chi connectivity index (χ3n) is 5.74. The molecule has 190 valence electrons. The van der Waals surface area contributed by atoms with E-state index < -0.39 is 50.6 Å². The zero-order valence-electron chi connectivity index (χ0n) is 18.8. The van der Waals surface area contributed by atoms with E-state index in [2.05, 4.69) is 5.32 Å². The molecule has 1 amide bonds. The number of carbonyl (C=O) groups is 2. The molecular formula is C23H25F3N2O6S. The number of benzene rings is 2. The fourth-order valence-corrected chi connectivity index (χ4v) is 5.59. The fourth-order valence-electron chi connectivity index (χ4n) is 3.89. The largest absolute Gasteiger partial charge is 0.497 e. The Hall–Kier alpha value is -3.12. The number of hydrogen-bond donors (Lipinski definition) is 2. The van der Waals surface area contributed by atoms with E-state index in [-0.39, 0.29) is 19.4 Å². The predicted octanol–water partition coefficient (Wildman–Crippen LogP) is 3.07. The molecule has 1 aliphatic heterocycles. The molecule has 3 rings (SSSR count). The molecule has 0 spiro atoms. The summed E-state index contributed by atoms with van der Waals surface area (Å²) in [7, 11) is -2.97. The quantitative estimate of drug-likeness (QED) is 0.560. The molecule has 0 aromatic heterocycles. The van der Waals surface area contributed by atoms with Crippen LogP contribution >= 0.6 is 0 Å². The summed E-state index contributed by atoms with van der Waals surface area (Å²) in [6.45, 7) is -0.0765. The summed E-state index contributed by atoms with van der Waals surface area (Å²) in [5.74, 6) is -1.55. The number of sulfonamides is 1. The van der Waals surface area contributed by atoms with Crippen molar-refractivity contribution in [1.29, 1.82) is 0 Å². The van der Waals surface area contributed by atoms with E-state index in [1.54, 1.807) is 24.3 Å². The molecule has 1 heterocycles. The molecule has 1 saturated heterocycles. The minimum Gasteiger partial charge on any atom is -0.497 e. The molecule has 1 unspecified atom stereocenters. The van der Waals surface area contributed by atoms with Crippen LogP contribution in [0.2, 0.25) is 0 Å². The Bertz CT molecular complexity index is 1170. The maximum Gasteiger partial charge on any atom is 0.416 e. The maximum absolute atomic E-state index is 13.2. The summed E-state index contributed by atoms with van der Waals surface area (Å²) in [5.41, 5.74) is -0.516. The average Bonchev–Trinajstić information content (AvgIpc) is 2.83. The number of rotatable bonds is 8. The summed E-state index contributed by atoms with van der Waals surface area (Å²) in [6.07, 6.45) is -3.77. The van der Waals surface area contributed by atoms with Crippen LogP contribution in [0.25, 0.3) is 0 Å². The van der Waals surface area contributed by atoms with Gasteiger partial charge in [-0.3, -0.25) is 4.79 Å². The van der Waals surface area contributed by atoms with Crippen molar-refractivity contribution in [2.45, 2.75) is 48.8 Å². The number of halogens is 3. The minimum absolute atomic E-state index is 0.0574. The van der Waals surface area contributed by atoms with Gasteiger partial charge in [-0.15, -0.1) is 0 Å². The van der Waals surface area contributed by atoms with Gasteiger partial charge in [-0.1, -0.05) is 24.6 Å². The first-order chi connectivity index (χ1) is 16.4. The first kappa shape index (κ1) is 26.5. The van der Waals surface area contributed by atoms with Crippen molar-refractivity contribution in [3.05, 3.63) is 59.7 Å². The standard InChI is InChI=1S/C23H25F3N2O6S/c1-34-17-10-8-15(9-11-17)13-19(22(30)31)27-21(29)20-7-2-3-12-28(20)35(32,33)18-6-4-5-16(14-18)23(24,25)26/h4-6,8-11,14,19-20H,2-3,7,12-13H2,1H3,(H,27,29)(H,30,31)/t19-,20?/m0/s1. The number of alkyl halides is 3. The number of nitrogens with one attached hydrogen (secondary N) is 1. The lowest BCUT2D eigenvalue weighted by molar-refractivity contribution is -0.142. The van der Waals surface area contributed by atoms with E-state index in [9.17, 15) is 36.3 Å². The normalized spacial score (nSPS) is 18.0. The molecule has 2 N–H and O–H groups in total. The summed E-state index contributed by atoms with van der Waals surface area (Å²) in [4.78, 5) is 24.3. The third-order valence-corrected chi connectivity index (χ3v) is 7.64. The molecule has 2 atom stereocenters. The van der Waals surface area contributed by atoms with Crippen LogP contribution in [0.4, 0.5) is 13.2 Å². The monoisotopic (exact) mass is 514 g/mol.